The zero-order chi connectivity index (χ0) is 19.9. The second-order valence-corrected chi connectivity index (χ2v) is 7.66. The zero-order valence-corrected chi connectivity index (χ0v) is 17.1. The predicted molar refractivity (Wildman–Crippen MR) is 99.7 cm³/mol. The van der Waals surface area contributed by atoms with Crippen molar-refractivity contribution in [1.82, 2.24) is 5.32 Å². The lowest BCUT2D eigenvalue weighted by Gasteiger charge is -2.28. The third-order valence-corrected chi connectivity index (χ3v) is 4.58. The summed E-state index contributed by atoms with van der Waals surface area (Å²) in [6.07, 6.45) is -2.50. The lowest BCUT2D eigenvalue weighted by Crippen LogP contribution is -2.51. The van der Waals surface area contributed by atoms with Gasteiger partial charge in [0, 0.05) is 20.8 Å². The highest BCUT2D eigenvalue weighted by Gasteiger charge is 2.51. The van der Waals surface area contributed by atoms with Crippen molar-refractivity contribution in [3.05, 3.63) is 0 Å². The summed E-state index contributed by atoms with van der Waals surface area (Å²) in [7, 11) is 0. The molecule has 0 amide bonds. The van der Waals surface area contributed by atoms with Crippen molar-refractivity contribution >= 4 is 46.9 Å². The molecule has 1 saturated heterocycles. The van der Waals surface area contributed by atoms with Gasteiger partial charge in [0.25, 0.3) is 0 Å². The average molecular weight is 408 g/mol. The molecule has 0 bridgehead atoms. The average Bonchev–Trinajstić information content (AvgIpc) is 2.80. The van der Waals surface area contributed by atoms with Gasteiger partial charge in [-0.15, -0.1) is 11.8 Å². The molecule has 8 nitrogen and oxygen atoms in total. The quantitative estimate of drug-likeness (QED) is 0.359. The number of carbonyl (C=O) groups excluding carboxylic acids is 3. The van der Waals surface area contributed by atoms with E-state index in [9.17, 15) is 14.4 Å². The minimum Gasteiger partial charge on any atom is -0.462 e. The summed E-state index contributed by atoms with van der Waals surface area (Å²) < 4.78 is 21.7. The Morgan fingerprint density at radius 3 is 2.27 bits per heavy atom. The maximum absolute atomic E-state index is 11.6. The van der Waals surface area contributed by atoms with Gasteiger partial charge in [-0.2, -0.15) is 0 Å². The van der Waals surface area contributed by atoms with Crippen LogP contribution < -0.4 is 5.32 Å². The number of nitrogens with one attached hydrogen (secondary N) is 1. The van der Waals surface area contributed by atoms with Gasteiger partial charge in [-0.25, -0.2) is 0 Å². The van der Waals surface area contributed by atoms with Crippen molar-refractivity contribution in [2.75, 3.05) is 12.4 Å². The minimum absolute atomic E-state index is 0.204. The van der Waals surface area contributed by atoms with Crippen LogP contribution >= 0.6 is 24.0 Å². The Labute approximate surface area is 162 Å². The highest BCUT2D eigenvalue weighted by atomic mass is 32.2. The summed E-state index contributed by atoms with van der Waals surface area (Å²) in [5.41, 5.74) is -0.386. The van der Waals surface area contributed by atoms with Gasteiger partial charge < -0.3 is 24.3 Å². The van der Waals surface area contributed by atoms with Crippen LogP contribution in [0.25, 0.3) is 0 Å². The molecule has 0 spiro atoms. The molecular weight excluding hydrogens is 382 g/mol. The second-order valence-electron chi connectivity index (χ2n) is 5.68. The van der Waals surface area contributed by atoms with E-state index in [-0.39, 0.29) is 12.0 Å². The molecule has 10 heteroatoms. The standard InChI is InChI=1S/C16H25NO7S2/c1-6-26-16-13(17-8(2)25)15(23-11(5)20)14(24-16)12(22-10(4)19)7-21-9(3)18/h12-16H,6-7H2,1-5H3,(H,17,25)/t12-,13-,14+,15+,16+/m1/s1. The molecule has 0 aromatic heterocycles. The fourth-order valence-corrected chi connectivity index (χ4v) is 3.71. The molecule has 1 fully saturated rings. The van der Waals surface area contributed by atoms with Crippen molar-refractivity contribution in [3.63, 3.8) is 0 Å². The smallest absolute Gasteiger partial charge is 0.303 e. The molecule has 1 N–H and O–H groups in total. The van der Waals surface area contributed by atoms with Gasteiger partial charge in [-0.05, 0) is 12.7 Å². The number of rotatable bonds is 8. The molecule has 148 valence electrons. The first kappa shape index (κ1) is 22.7. The van der Waals surface area contributed by atoms with E-state index in [0.29, 0.717) is 4.99 Å². The Morgan fingerprint density at radius 2 is 1.81 bits per heavy atom. The Kier molecular flexibility index (Phi) is 9.31. The van der Waals surface area contributed by atoms with Crippen molar-refractivity contribution in [2.45, 2.75) is 64.4 Å². The molecule has 0 unspecified atom stereocenters. The van der Waals surface area contributed by atoms with Gasteiger partial charge in [0.2, 0.25) is 0 Å². The minimum atomic E-state index is -0.919. The fourth-order valence-electron chi connectivity index (χ4n) is 2.61. The van der Waals surface area contributed by atoms with E-state index in [4.69, 9.17) is 31.2 Å². The maximum atomic E-state index is 11.6. The van der Waals surface area contributed by atoms with Crippen LogP contribution in [0.5, 0.6) is 0 Å². The van der Waals surface area contributed by atoms with Crippen molar-refractivity contribution < 1.29 is 33.3 Å². The lowest BCUT2D eigenvalue weighted by atomic mass is 10.0. The molecule has 0 aromatic rings. The number of thioether (sulfide) groups is 1. The van der Waals surface area contributed by atoms with Gasteiger partial charge in [0.15, 0.2) is 12.2 Å². The highest BCUT2D eigenvalue weighted by molar-refractivity contribution is 7.99. The summed E-state index contributed by atoms with van der Waals surface area (Å²) >= 11 is 6.62. The molecule has 0 aliphatic carbocycles. The molecule has 5 atom stereocenters. The summed E-state index contributed by atoms with van der Waals surface area (Å²) in [5.74, 6) is -0.836. The topological polar surface area (TPSA) is 100 Å². The van der Waals surface area contributed by atoms with Crippen LogP contribution in [0.2, 0.25) is 0 Å². The predicted octanol–water partition coefficient (Wildman–Crippen LogP) is 1.20. The van der Waals surface area contributed by atoms with Crippen LogP contribution in [0.15, 0.2) is 0 Å². The Morgan fingerprint density at radius 1 is 1.15 bits per heavy atom. The van der Waals surface area contributed by atoms with Crippen LogP contribution in [0.3, 0.4) is 0 Å². The normalized spacial score (nSPS) is 25.9. The number of esters is 3. The maximum Gasteiger partial charge on any atom is 0.303 e. The molecule has 0 saturated carbocycles. The largest absolute Gasteiger partial charge is 0.462 e. The lowest BCUT2D eigenvalue weighted by molar-refractivity contribution is -0.173. The van der Waals surface area contributed by atoms with Gasteiger partial charge >= 0.3 is 17.9 Å². The SMILES string of the molecule is CCS[C@@H]1O[C@@H]([C@@H](COC(C)=O)OC(C)=O)[C@@H](OC(C)=O)[C@H]1NC(C)=S. The third kappa shape index (κ3) is 7.08. The second kappa shape index (κ2) is 10.7. The fraction of sp³-hybridized carbons (Fsp3) is 0.750. The number of carbonyl (C=O) groups is 3. The van der Waals surface area contributed by atoms with Crippen LogP contribution in [-0.4, -0.2) is 65.0 Å². The van der Waals surface area contributed by atoms with Crippen LogP contribution in [0.4, 0.5) is 0 Å². The Hall–Kier alpha value is -1.39. The Balaban J connectivity index is 3.13. The van der Waals surface area contributed by atoms with Gasteiger partial charge in [-0.3, -0.25) is 14.4 Å². The summed E-state index contributed by atoms with van der Waals surface area (Å²) in [6, 6.07) is -0.429. The first-order chi connectivity index (χ1) is 12.1. The summed E-state index contributed by atoms with van der Waals surface area (Å²) in [6.45, 7) is 7.25. The molecule has 1 aliphatic heterocycles. The van der Waals surface area contributed by atoms with Crippen LogP contribution in [-0.2, 0) is 33.3 Å². The van der Waals surface area contributed by atoms with E-state index < -0.39 is 42.3 Å². The van der Waals surface area contributed by atoms with Crippen LogP contribution in [0, 0.1) is 0 Å². The van der Waals surface area contributed by atoms with E-state index in [0.717, 1.165) is 5.75 Å². The molecule has 1 rings (SSSR count). The van der Waals surface area contributed by atoms with E-state index in [1.54, 1.807) is 6.92 Å². The van der Waals surface area contributed by atoms with E-state index in [1.807, 2.05) is 6.92 Å². The molecule has 26 heavy (non-hydrogen) atoms. The van der Waals surface area contributed by atoms with Crippen molar-refractivity contribution in [3.8, 4) is 0 Å². The van der Waals surface area contributed by atoms with E-state index >= 15 is 0 Å². The van der Waals surface area contributed by atoms with Gasteiger partial charge in [0.05, 0.1) is 4.99 Å². The van der Waals surface area contributed by atoms with E-state index in [2.05, 4.69) is 5.32 Å². The third-order valence-electron chi connectivity index (χ3n) is 3.40. The number of hydrogen-bond donors (Lipinski definition) is 1. The molecule has 0 aromatic carbocycles. The number of thiocarbonyl (C=S) groups is 1. The van der Waals surface area contributed by atoms with Gasteiger partial charge in [-0.1, -0.05) is 19.1 Å². The van der Waals surface area contributed by atoms with Crippen LogP contribution in [0.1, 0.15) is 34.6 Å². The highest BCUT2D eigenvalue weighted by Crippen LogP contribution is 2.34. The number of hydrogen-bond acceptors (Lipinski definition) is 9. The first-order valence-electron chi connectivity index (χ1n) is 8.17. The van der Waals surface area contributed by atoms with E-state index in [1.165, 1.54) is 32.5 Å². The van der Waals surface area contributed by atoms with Gasteiger partial charge in [0.1, 0.15) is 24.2 Å². The Bertz CT molecular complexity index is 543. The monoisotopic (exact) mass is 407 g/mol. The molecule has 1 heterocycles. The summed E-state index contributed by atoms with van der Waals surface area (Å²) in [5, 5.41) is 3.10. The number of ether oxygens (including phenoxy) is 4. The molecule has 1 aliphatic rings. The zero-order valence-electron chi connectivity index (χ0n) is 15.5. The summed E-state index contributed by atoms with van der Waals surface area (Å²) in [4.78, 5) is 34.8. The van der Waals surface area contributed by atoms with Crippen molar-refractivity contribution in [1.29, 1.82) is 0 Å². The molecular formula is C16H25NO7S2. The van der Waals surface area contributed by atoms with Crippen molar-refractivity contribution in [2.24, 2.45) is 0 Å². The first-order valence-corrected chi connectivity index (χ1v) is 9.63. The molecule has 0 radical (unpaired) electrons.